The summed E-state index contributed by atoms with van der Waals surface area (Å²) in [4.78, 5) is 23.3. The Bertz CT molecular complexity index is 429. The van der Waals surface area contributed by atoms with E-state index in [0.717, 1.165) is 0 Å². The van der Waals surface area contributed by atoms with Crippen molar-refractivity contribution in [3.05, 3.63) is 27.7 Å². The van der Waals surface area contributed by atoms with Gasteiger partial charge in [-0.15, -0.1) is 0 Å². The monoisotopic (exact) mass is 223 g/mol. The van der Waals surface area contributed by atoms with Gasteiger partial charge in [0.05, 0.1) is 5.69 Å². The molecular formula is C7H4ClF2NO3. The Morgan fingerprint density at radius 3 is 2.57 bits per heavy atom. The van der Waals surface area contributed by atoms with E-state index < -0.39 is 34.2 Å². The van der Waals surface area contributed by atoms with Gasteiger partial charge in [0.2, 0.25) is 5.43 Å². The second-order valence-corrected chi connectivity index (χ2v) is 2.73. The van der Waals surface area contributed by atoms with Crippen LogP contribution in [0.4, 0.5) is 8.78 Å². The third kappa shape index (κ3) is 1.90. The second-order valence-electron chi connectivity index (χ2n) is 2.39. The molecule has 1 aromatic heterocycles. The van der Waals surface area contributed by atoms with Crippen LogP contribution in [0.1, 0.15) is 22.6 Å². The number of aromatic nitrogens is 1. The van der Waals surface area contributed by atoms with E-state index in [1.54, 1.807) is 0 Å². The van der Waals surface area contributed by atoms with Crippen molar-refractivity contribution in [1.29, 1.82) is 0 Å². The summed E-state index contributed by atoms with van der Waals surface area (Å²) in [6, 6.07) is 0.503. The zero-order valence-corrected chi connectivity index (χ0v) is 7.31. The summed E-state index contributed by atoms with van der Waals surface area (Å²) in [5.41, 5.74) is -2.57. The molecule has 0 amide bonds. The molecule has 0 saturated heterocycles. The van der Waals surface area contributed by atoms with E-state index in [1.807, 2.05) is 4.98 Å². The van der Waals surface area contributed by atoms with Crippen molar-refractivity contribution in [2.45, 2.75) is 6.43 Å². The molecule has 0 saturated carbocycles. The summed E-state index contributed by atoms with van der Waals surface area (Å²) >= 11 is 4.94. The molecule has 0 spiro atoms. The Morgan fingerprint density at radius 1 is 1.57 bits per heavy atom. The van der Waals surface area contributed by atoms with Crippen LogP contribution in [0.3, 0.4) is 0 Å². The van der Waals surface area contributed by atoms with Crippen molar-refractivity contribution in [2.24, 2.45) is 0 Å². The highest BCUT2D eigenvalue weighted by atomic mass is 35.5. The van der Waals surface area contributed by atoms with Gasteiger partial charge in [-0.05, 0) is 11.6 Å². The van der Waals surface area contributed by atoms with Gasteiger partial charge in [0.1, 0.15) is 5.69 Å². The summed E-state index contributed by atoms with van der Waals surface area (Å²) < 4.78 is 24.2. The number of carbonyl (C=O) groups excluding carboxylic acids is 1. The van der Waals surface area contributed by atoms with Gasteiger partial charge in [-0.3, -0.25) is 9.59 Å². The molecule has 0 aromatic carbocycles. The zero-order valence-electron chi connectivity index (χ0n) is 6.55. The maximum atomic E-state index is 12.1. The van der Waals surface area contributed by atoms with Crippen LogP contribution < -0.4 is 5.43 Å². The fourth-order valence-electron chi connectivity index (χ4n) is 0.832. The highest BCUT2D eigenvalue weighted by Gasteiger charge is 2.17. The lowest BCUT2D eigenvalue weighted by Crippen LogP contribution is -2.10. The summed E-state index contributed by atoms with van der Waals surface area (Å²) in [7, 11) is 0. The van der Waals surface area contributed by atoms with Crippen LogP contribution in [0.5, 0.6) is 5.75 Å². The van der Waals surface area contributed by atoms with Gasteiger partial charge in [0.15, 0.2) is 5.75 Å². The number of aromatic amines is 1. The number of hydrogen-bond donors (Lipinski definition) is 2. The standard InChI is InChI=1S/C7H4ClF2NO3/c8-6(14)4-5(13)3(12)1-2(11-4)7(9)10/h1,7,13H,(H,11,12). The number of alkyl halides is 2. The van der Waals surface area contributed by atoms with Gasteiger partial charge in [0.25, 0.3) is 11.7 Å². The van der Waals surface area contributed by atoms with Gasteiger partial charge in [-0.2, -0.15) is 0 Å². The van der Waals surface area contributed by atoms with Crippen LogP contribution in [0.15, 0.2) is 10.9 Å². The smallest absolute Gasteiger partial charge is 0.278 e. The molecule has 7 heteroatoms. The maximum absolute atomic E-state index is 12.1. The molecule has 0 fully saturated rings. The third-order valence-electron chi connectivity index (χ3n) is 1.46. The van der Waals surface area contributed by atoms with E-state index in [1.165, 1.54) is 0 Å². The van der Waals surface area contributed by atoms with Gasteiger partial charge in [-0.1, -0.05) is 0 Å². The zero-order chi connectivity index (χ0) is 10.9. The average Bonchev–Trinajstić information content (AvgIpc) is 2.08. The largest absolute Gasteiger partial charge is 0.503 e. The average molecular weight is 224 g/mol. The highest BCUT2D eigenvalue weighted by molar-refractivity contribution is 6.67. The topological polar surface area (TPSA) is 70.2 Å². The molecule has 0 atom stereocenters. The first kappa shape index (κ1) is 10.6. The van der Waals surface area contributed by atoms with E-state index in [4.69, 9.17) is 16.7 Å². The van der Waals surface area contributed by atoms with Gasteiger partial charge in [-0.25, -0.2) is 8.78 Å². The van der Waals surface area contributed by atoms with Crippen molar-refractivity contribution < 1.29 is 18.7 Å². The number of carbonyl (C=O) groups is 1. The van der Waals surface area contributed by atoms with Crippen molar-refractivity contribution in [1.82, 2.24) is 4.98 Å². The van der Waals surface area contributed by atoms with Gasteiger partial charge < -0.3 is 10.1 Å². The summed E-state index contributed by atoms with van der Waals surface area (Å²) in [5.74, 6) is -0.964. The molecule has 0 aliphatic rings. The molecule has 0 aliphatic heterocycles. The molecule has 2 N–H and O–H groups in total. The third-order valence-corrected chi connectivity index (χ3v) is 1.65. The molecule has 4 nitrogen and oxygen atoms in total. The quantitative estimate of drug-likeness (QED) is 0.745. The van der Waals surface area contributed by atoms with Crippen LogP contribution in [0, 0.1) is 0 Å². The van der Waals surface area contributed by atoms with Crippen molar-refractivity contribution in [3.63, 3.8) is 0 Å². The Morgan fingerprint density at radius 2 is 2.14 bits per heavy atom. The van der Waals surface area contributed by atoms with Crippen molar-refractivity contribution >= 4 is 16.8 Å². The van der Waals surface area contributed by atoms with Crippen LogP contribution in [-0.2, 0) is 0 Å². The first-order valence-electron chi connectivity index (χ1n) is 3.37. The molecule has 0 unspecified atom stereocenters. The number of rotatable bonds is 2. The summed E-state index contributed by atoms with van der Waals surface area (Å²) in [6.07, 6.45) is -2.95. The van der Waals surface area contributed by atoms with E-state index in [9.17, 15) is 18.4 Å². The molecule has 1 aromatic rings. The van der Waals surface area contributed by atoms with Crippen LogP contribution in [0.25, 0.3) is 0 Å². The Hall–Kier alpha value is -1.43. The number of pyridine rings is 1. The van der Waals surface area contributed by atoms with Crippen LogP contribution in [-0.4, -0.2) is 15.3 Å². The lowest BCUT2D eigenvalue weighted by atomic mass is 10.3. The first-order valence-corrected chi connectivity index (χ1v) is 3.75. The Labute approximate surface area is 81.1 Å². The fourth-order valence-corrected chi connectivity index (χ4v) is 0.969. The van der Waals surface area contributed by atoms with Gasteiger partial charge >= 0.3 is 0 Å². The Balaban J connectivity index is 3.43. The molecule has 14 heavy (non-hydrogen) atoms. The maximum Gasteiger partial charge on any atom is 0.278 e. The molecule has 0 aliphatic carbocycles. The number of halogens is 3. The van der Waals surface area contributed by atoms with E-state index in [0.29, 0.717) is 6.07 Å². The summed E-state index contributed by atoms with van der Waals surface area (Å²) in [6.45, 7) is 0. The molecule has 1 heterocycles. The molecule has 76 valence electrons. The van der Waals surface area contributed by atoms with Crippen LogP contribution >= 0.6 is 11.6 Å². The lowest BCUT2D eigenvalue weighted by Gasteiger charge is -2.03. The minimum atomic E-state index is -2.95. The Kier molecular flexibility index (Phi) is 2.85. The molecular weight excluding hydrogens is 220 g/mol. The normalized spacial score (nSPS) is 10.6. The molecule has 0 radical (unpaired) electrons. The molecule has 0 bridgehead atoms. The lowest BCUT2D eigenvalue weighted by molar-refractivity contribution is 0.107. The predicted octanol–water partition coefficient (Wildman–Crippen LogP) is 1.40. The minimum absolute atomic E-state index is 0.503. The van der Waals surface area contributed by atoms with E-state index in [-0.39, 0.29) is 0 Å². The second kappa shape index (κ2) is 3.75. The van der Waals surface area contributed by atoms with Crippen molar-refractivity contribution in [3.8, 4) is 5.75 Å². The van der Waals surface area contributed by atoms with Crippen molar-refractivity contribution in [2.75, 3.05) is 0 Å². The molecule has 1 rings (SSSR count). The number of H-pyrrole nitrogens is 1. The summed E-state index contributed by atoms with van der Waals surface area (Å²) in [5, 5.41) is 7.77. The fraction of sp³-hybridized carbons (Fsp3) is 0.143. The van der Waals surface area contributed by atoms with Crippen LogP contribution in [0.2, 0.25) is 0 Å². The number of nitrogens with one attached hydrogen (secondary N) is 1. The van der Waals surface area contributed by atoms with E-state index >= 15 is 0 Å². The minimum Gasteiger partial charge on any atom is -0.503 e. The van der Waals surface area contributed by atoms with Gasteiger partial charge in [0, 0.05) is 6.07 Å². The van der Waals surface area contributed by atoms with E-state index in [2.05, 4.69) is 0 Å². The highest BCUT2D eigenvalue weighted by Crippen LogP contribution is 2.19. The first-order chi connectivity index (χ1) is 6.43. The predicted molar refractivity (Wildman–Crippen MR) is 43.9 cm³/mol. The number of hydrogen-bond acceptors (Lipinski definition) is 3. The number of aromatic hydroxyl groups is 1. The SMILES string of the molecule is O=C(Cl)c1[nH]c(C(F)F)cc(=O)c1O.